The number of ether oxygens (including phenoxy) is 1. The zero-order valence-corrected chi connectivity index (χ0v) is 11.8. The molecule has 1 aromatic carbocycles. The quantitative estimate of drug-likeness (QED) is 0.867. The van der Waals surface area contributed by atoms with Crippen LogP contribution in [0.25, 0.3) is 11.3 Å². The highest BCUT2D eigenvalue weighted by Gasteiger charge is 2.10. The smallest absolute Gasteiger partial charge is 0.119 e. The number of nitrogens with one attached hydrogen (secondary N) is 1. The number of hydrogen-bond donors (Lipinski definition) is 1. The molecule has 2 aromatic rings. The predicted octanol–water partition coefficient (Wildman–Crippen LogP) is 2.93. The minimum atomic E-state index is 0.855. The Morgan fingerprint density at radius 1 is 1.37 bits per heavy atom. The lowest BCUT2D eigenvalue weighted by molar-refractivity contribution is 0.328. The van der Waals surface area contributed by atoms with Crippen molar-refractivity contribution in [1.82, 2.24) is 15.1 Å². The molecule has 0 unspecified atom stereocenters. The fourth-order valence-corrected chi connectivity index (χ4v) is 2.21. The average molecular weight is 259 g/mol. The number of aromatic nitrogens is 2. The lowest BCUT2D eigenvalue weighted by Gasteiger charge is -2.15. The first kappa shape index (κ1) is 13.6. The molecule has 2 rings (SSSR count). The van der Waals surface area contributed by atoms with Crippen molar-refractivity contribution in [3.63, 3.8) is 0 Å². The van der Waals surface area contributed by atoms with Crippen LogP contribution in [0.1, 0.15) is 18.9 Å². The molecule has 0 saturated carbocycles. The van der Waals surface area contributed by atoms with Gasteiger partial charge in [-0.15, -0.1) is 0 Å². The molecule has 0 radical (unpaired) electrons. The summed E-state index contributed by atoms with van der Waals surface area (Å²) in [5.41, 5.74) is 3.30. The van der Waals surface area contributed by atoms with Gasteiger partial charge in [-0.25, -0.2) is 0 Å². The molecule has 0 aliphatic carbocycles. The second-order valence-electron chi connectivity index (χ2n) is 4.73. The summed E-state index contributed by atoms with van der Waals surface area (Å²) in [6.45, 7) is 4.18. The monoisotopic (exact) mass is 259 g/mol. The number of hydrogen-bond acceptors (Lipinski definition) is 3. The standard InChI is InChI=1S/C15H21N3O/c1-4-8-18(2)11-13-10-16-17-15(13)12-6-5-7-14(9-12)19-3/h5-7,9-10H,4,8,11H2,1-3H3,(H,16,17). The topological polar surface area (TPSA) is 41.2 Å². The molecule has 0 atom stereocenters. The van der Waals surface area contributed by atoms with E-state index in [9.17, 15) is 0 Å². The Kier molecular flexibility index (Phi) is 4.58. The van der Waals surface area contributed by atoms with Gasteiger partial charge in [-0.3, -0.25) is 5.10 Å². The van der Waals surface area contributed by atoms with Gasteiger partial charge in [-0.05, 0) is 32.1 Å². The van der Waals surface area contributed by atoms with Crippen LogP contribution in [0, 0.1) is 0 Å². The fraction of sp³-hybridized carbons (Fsp3) is 0.400. The number of methoxy groups -OCH3 is 1. The third kappa shape index (κ3) is 3.35. The first-order valence-corrected chi connectivity index (χ1v) is 6.60. The second-order valence-corrected chi connectivity index (χ2v) is 4.73. The maximum atomic E-state index is 5.26. The molecule has 1 N–H and O–H groups in total. The van der Waals surface area contributed by atoms with Crippen LogP contribution in [0.15, 0.2) is 30.5 Å². The van der Waals surface area contributed by atoms with Gasteiger partial charge in [0, 0.05) is 23.9 Å². The molecule has 4 nitrogen and oxygen atoms in total. The van der Waals surface area contributed by atoms with Crippen molar-refractivity contribution in [1.29, 1.82) is 0 Å². The molecular formula is C15H21N3O. The largest absolute Gasteiger partial charge is 0.497 e. The first-order valence-electron chi connectivity index (χ1n) is 6.60. The predicted molar refractivity (Wildman–Crippen MR) is 77.2 cm³/mol. The Bertz CT molecular complexity index is 522. The molecule has 4 heteroatoms. The van der Waals surface area contributed by atoms with Crippen molar-refractivity contribution < 1.29 is 4.74 Å². The van der Waals surface area contributed by atoms with Crippen LogP contribution in [-0.4, -0.2) is 35.8 Å². The Morgan fingerprint density at radius 2 is 2.21 bits per heavy atom. The van der Waals surface area contributed by atoms with Gasteiger partial charge in [0.1, 0.15) is 5.75 Å². The van der Waals surface area contributed by atoms with E-state index in [1.807, 2.05) is 24.4 Å². The van der Waals surface area contributed by atoms with Crippen LogP contribution in [0.5, 0.6) is 5.75 Å². The van der Waals surface area contributed by atoms with Crippen molar-refractivity contribution in [3.05, 3.63) is 36.0 Å². The number of aromatic amines is 1. The molecule has 0 aliphatic rings. The summed E-state index contributed by atoms with van der Waals surface area (Å²) < 4.78 is 5.26. The zero-order chi connectivity index (χ0) is 13.7. The maximum absolute atomic E-state index is 5.26. The average Bonchev–Trinajstić information content (AvgIpc) is 2.87. The number of nitrogens with zero attached hydrogens (tertiary/aromatic N) is 2. The van der Waals surface area contributed by atoms with E-state index >= 15 is 0 Å². The highest BCUT2D eigenvalue weighted by molar-refractivity contribution is 5.64. The van der Waals surface area contributed by atoms with Gasteiger partial charge in [0.25, 0.3) is 0 Å². The summed E-state index contributed by atoms with van der Waals surface area (Å²) in [5.74, 6) is 0.855. The van der Waals surface area contributed by atoms with E-state index in [1.54, 1.807) is 7.11 Å². The SMILES string of the molecule is CCCN(C)Cc1c[nH]nc1-c1cccc(OC)c1. The summed E-state index contributed by atoms with van der Waals surface area (Å²) in [5, 5.41) is 7.33. The van der Waals surface area contributed by atoms with Crippen LogP contribution in [0.2, 0.25) is 0 Å². The van der Waals surface area contributed by atoms with E-state index in [0.717, 1.165) is 36.5 Å². The second kappa shape index (κ2) is 6.38. The van der Waals surface area contributed by atoms with Crippen molar-refractivity contribution in [3.8, 4) is 17.0 Å². The number of benzene rings is 1. The van der Waals surface area contributed by atoms with Crippen LogP contribution in [-0.2, 0) is 6.54 Å². The number of H-pyrrole nitrogens is 1. The van der Waals surface area contributed by atoms with Gasteiger partial charge < -0.3 is 9.64 Å². The van der Waals surface area contributed by atoms with Crippen molar-refractivity contribution in [2.45, 2.75) is 19.9 Å². The fourth-order valence-electron chi connectivity index (χ4n) is 2.21. The Labute approximate surface area is 114 Å². The van der Waals surface area contributed by atoms with Gasteiger partial charge >= 0.3 is 0 Å². The van der Waals surface area contributed by atoms with Gasteiger partial charge in [-0.2, -0.15) is 5.10 Å². The van der Waals surface area contributed by atoms with Crippen LogP contribution in [0.4, 0.5) is 0 Å². The minimum Gasteiger partial charge on any atom is -0.497 e. The lowest BCUT2D eigenvalue weighted by atomic mass is 10.1. The van der Waals surface area contributed by atoms with Gasteiger partial charge in [0.2, 0.25) is 0 Å². The summed E-state index contributed by atoms with van der Waals surface area (Å²) in [7, 11) is 3.81. The third-order valence-corrected chi connectivity index (χ3v) is 3.11. The zero-order valence-electron chi connectivity index (χ0n) is 11.8. The summed E-state index contributed by atoms with van der Waals surface area (Å²) in [4.78, 5) is 2.30. The molecule has 1 heterocycles. The highest BCUT2D eigenvalue weighted by Crippen LogP contribution is 2.25. The Balaban J connectivity index is 2.23. The van der Waals surface area contributed by atoms with Gasteiger partial charge in [0.15, 0.2) is 0 Å². The van der Waals surface area contributed by atoms with E-state index in [2.05, 4.69) is 35.1 Å². The summed E-state index contributed by atoms with van der Waals surface area (Å²) in [6.07, 6.45) is 3.13. The summed E-state index contributed by atoms with van der Waals surface area (Å²) in [6, 6.07) is 8.00. The Hall–Kier alpha value is -1.81. The molecule has 0 fully saturated rings. The lowest BCUT2D eigenvalue weighted by Crippen LogP contribution is -2.18. The van der Waals surface area contributed by atoms with Crippen LogP contribution < -0.4 is 4.74 Å². The van der Waals surface area contributed by atoms with E-state index in [0.29, 0.717) is 0 Å². The van der Waals surface area contributed by atoms with Crippen molar-refractivity contribution >= 4 is 0 Å². The van der Waals surface area contributed by atoms with E-state index in [1.165, 1.54) is 5.56 Å². The van der Waals surface area contributed by atoms with Gasteiger partial charge in [-0.1, -0.05) is 19.1 Å². The van der Waals surface area contributed by atoms with Crippen molar-refractivity contribution in [2.75, 3.05) is 20.7 Å². The number of rotatable bonds is 6. The molecular weight excluding hydrogens is 238 g/mol. The van der Waals surface area contributed by atoms with Crippen molar-refractivity contribution in [2.24, 2.45) is 0 Å². The molecule has 0 aliphatic heterocycles. The van der Waals surface area contributed by atoms with Crippen LogP contribution >= 0.6 is 0 Å². The van der Waals surface area contributed by atoms with E-state index < -0.39 is 0 Å². The minimum absolute atomic E-state index is 0.855. The molecule has 102 valence electrons. The van der Waals surface area contributed by atoms with Crippen LogP contribution in [0.3, 0.4) is 0 Å². The third-order valence-electron chi connectivity index (χ3n) is 3.11. The molecule has 19 heavy (non-hydrogen) atoms. The molecule has 0 amide bonds. The molecule has 0 bridgehead atoms. The van der Waals surface area contributed by atoms with E-state index in [4.69, 9.17) is 4.74 Å². The first-order chi connectivity index (χ1) is 9.24. The molecule has 1 aromatic heterocycles. The molecule has 0 saturated heterocycles. The maximum Gasteiger partial charge on any atom is 0.119 e. The molecule has 0 spiro atoms. The highest BCUT2D eigenvalue weighted by atomic mass is 16.5. The van der Waals surface area contributed by atoms with Gasteiger partial charge in [0.05, 0.1) is 12.8 Å². The Morgan fingerprint density at radius 3 is 2.95 bits per heavy atom. The normalized spacial score (nSPS) is 10.9. The summed E-state index contributed by atoms with van der Waals surface area (Å²) >= 11 is 0. The van der Waals surface area contributed by atoms with E-state index in [-0.39, 0.29) is 0 Å².